The lowest BCUT2D eigenvalue weighted by atomic mass is 10.1. The second-order valence-electron chi connectivity index (χ2n) is 5.09. The number of aliphatic hydroxyl groups excluding tert-OH is 1. The highest BCUT2D eigenvalue weighted by molar-refractivity contribution is 7.58. The zero-order chi connectivity index (χ0) is 21.9. The number of carboxylic acid groups (broad SMARTS) is 1. The topological polar surface area (TPSA) is 217 Å². The molecule has 0 amide bonds. The largest absolute Gasteiger partial charge is 0.493 e. The molecule has 0 fully saturated rings. The normalized spacial score (nSPS) is 13.1. The van der Waals surface area contributed by atoms with E-state index < -0.39 is 42.2 Å². The summed E-state index contributed by atoms with van der Waals surface area (Å²) in [5, 5.41) is 30.0. The van der Waals surface area contributed by atoms with E-state index in [4.69, 9.17) is 29.9 Å². The third kappa shape index (κ3) is 7.43. The maximum Gasteiger partial charge on any atom is 0.373 e. The van der Waals surface area contributed by atoms with Gasteiger partial charge in [-0.25, -0.2) is 4.79 Å². The second kappa shape index (κ2) is 11.8. The summed E-state index contributed by atoms with van der Waals surface area (Å²) in [4.78, 5) is 47.1. The number of nitrogens with zero attached hydrogens (tertiary/aromatic N) is 1. The number of hydrogen-bond donors (Lipinski definition) is 4. The number of nitro benzene ring substituents is 1. The van der Waals surface area contributed by atoms with Crippen LogP contribution in [0.4, 0.5) is 5.69 Å². The van der Waals surface area contributed by atoms with Crippen LogP contribution >= 0.6 is 7.37 Å². The van der Waals surface area contributed by atoms with Crippen molar-refractivity contribution in [3.05, 3.63) is 27.8 Å². The third-order valence-electron chi connectivity index (χ3n) is 3.18. The van der Waals surface area contributed by atoms with Crippen LogP contribution in [0, 0.1) is 10.1 Å². The van der Waals surface area contributed by atoms with Crippen LogP contribution in [0.1, 0.15) is 17.8 Å². The van der Waals surface area contributed by atoms with E-state index in [1.807, 2.05) is 0 Å². The molecule has 0 radical (unpaired) electrons. The molecule has 2 unspecified atom stereocenters. The van der Waals surface area contributed by atoms with Crippen LogP contribution in [0.15, 0.2) is 12.1 Å². The quantitative estimate of drug-likeness (QED) is 0.224. The van der Waals surface area contributed by atoms with Gasteiger partial charge in [0, 0.05) is 17.8 Å². The number of methoxy groups -OCH3 is 1. The van der Waals surface area contributed by atoms with Crippen LogP contribution < -0.4 is 15.2 Å². The fraction of sp³-hybridized carbons (Fsp3) is 0.429. The highest BCUT2D eigenvalue weighted by atomic mass is 31.2. The van der Waals surface area contributed by atoms with E-state index in [1.165, 1.54) is 0 Å². The predicted molar refractivity (Wildman–Crippen MR) is 91.1 cm³/mol. The van der Waals surface area contributed by atoms with E-state index in [9.17, 15) is 29.5 Å². The lowest BCUT2D eigenvalue weighted by Gasteiger charge is -2.19. The van der Waals surface area contributed by atoms with Gasteiger partial charge < -0.3 is 30.3 Å². The summed E-state index contributed by atoms with van der Waals surface area (Å²) >= 11 is 0. The van der Waals surface area contributed by atoms with Gasteiger partial charge in [-0.05, 0) is 19.0 Å². The first kappa shape index (κ1) is 25.2. The number of carbonyl (C=O) groups is 1. The van der Waals surface area contributed by atoms with Crippen LogP contribution in [0.3, 0.4) is 0 Å². The molecule has 0 spiro atoms. The highest BCUT2D eigenvalue weighted by Crippen LogP contribution is 2.55. The lowest BCUT2D eigenvalue weighted by Crippen LogP contribution is -2.12. The van der Waals surface area contributed by atoms with Crippen molar-refractivity contribution in [3.63, 3.8) is 0 Å². The molecule has 0 aliphatic heterocycles. The Balaban J connectivity index is 0.00000227. The van der Waals surface area contributed by atoms with Crippen molar-refractivity contribution in [1.82, 2.24) is 0 Å². The minimum Gasteiger partial charge on any atom is -0.493 e. The van der Waals surface area contributed by atoms with Gasteiger partial charge in [0.15, 0.2) is 18.2 Å². The van der Waals surface area contributed by atoms with E-state index in [0.29, 0.717) is 0 Å². The van der Waals surface area contributed by atoms with E-state index >= 15 is 0 Å². The summed E-state index contributed by atoms with van der Waals surface area (Å²) in [6.45, 7) is -0.712. The number of aliphatic carboxylic acids is 1. The molecule has 0 aliphatic carbocycles. The first-order valence-corrected chi connectivity index (χ1v) is 9.36. The molecular weight excluding hydrogens is 403 g/mol. The van der Waals surface area contributed by atoms with Gasteiger partial charge in [0.05, 0.1) is 12.0 Å². The van der Waals surface area contributed by atoms with Crippen LogP contribution in [0.2, 0.25) is 0 Å². The SMILES string of the molecule is COc1cc(C(O)P(=O)(O)CCCN)cc([N+](=O)[O-])c1OCC(=O)O.O=C=O. The fourth-order valence-electron chi connectivity index (χ4n) is 2.00. The van der Waals surface area contributed by atoms with E-state index in [0.717, 1.165) is 19.2 Å². The Labute approximate surface area is 158 Å². The van der Waals surface area contributed by atoms with Crippen molar-refractivity contribution in [3.8, 4) is 11.5 Å². The van der Waals surface area contributed by atoms with Crippen LogP contribution in [-0.2, 0) is 18.9 Å². The number of nitro groups is 1. The minimum atomic E-state index is -4.09. The number of ether oxygens (including phenoxy) is 2. The number of nitrogens with two attached hydrogens (primary N) is 1. The first-order chi connectivity index (χ1) is 13.0. The number of benzene rings is 1. The molecule has 2 atom stereocenters. The summed E-state index contributed by atoms with van der Waals surface area (Å²) in [7, 11) is -2.94. The number of aliphatic hydroxyl groups is 1. The fourth-order valence-corrected chi connectivity index (χ4v) is 3.49. The molecule has 0 aliphatic rings. The molecule has 1 aromatic rings. The van der Waals surface area contributed by atoms with Gasteiger partial charge in [-0.1, -0.05) is 0 Å². The van der Waals surface area contributed by atoms with Crippen LogP contribution in [0.25, 0.3) is 0 Å². The summed E-state index contributed by atoms with van der Waals surface area (Å²) < 4.78 is 22.0. The Morgan fingerprint density at radius 3 is 2.43 bits per heavy atom. The van der Waals surface area contributed by atoms with Gasteiger partial charge in [0.2, 0.25) is 13.1 Å². The predicted octanol–water partition coefficient (Wildman–Crippen LogP) is 0.0934. The van der Waals surface area contributed by atoms with Gasteiger partial charge in [0.1, 0.15) is 0 Å². The van der Waals surface area contributed by atoms with Crippen LogP contribution in [0.5, 0.6) is 11.5 Å². The van der Waals surface area contributed by atoms with Gasteiger partial charge in [-0.3, -0.25) is 14.7 Å². The summed E-state index contributed by atoms with van der Waals surface area (Å²) in [6.07, 6.45) is 0.169. The van der Waals surface area contributed by atoms with Gasteiger partial charge in [-0.15, -0.1) is 0 Å². The Kier molecular flexibility index (Phi) is 10.6. The molecule has 0 saturated heterocycles. The zero-order valence-corrected chi connectivity index (χ0v) is 15.5. The van der Waals surface area contributed by atoms with Crippen molar-refractivity contribution in [1.29, 1.82) is 0 Å². The average Bonchev–Trinajstić information content (AvgIpc) is 2.63. The number of carbonyl (C=O) groups excluding carboxylic acids is 2. The molecule has 0 bridgehead atoms. The van der Waals surface area contributed by atoms with E-state index in [2.05, 4.69) is 0 Å². The number of hydrogen-bond acceptors (Lipinski definition) is 10. The smallest absolute Gasteiger partial charge is 0.373 e. The Morgan fingerprint density at radius 2 is 2.00 bits per heavy atom. The lowest BCUT2D eigenvalue weighted by molar-refractivity contribution is -0.386. The maximum atomic E-state index is 12.2. The molecule has 0 heterocycles. The minimum absolute atomic E-state index is 0.142. The van der Waals surface area contributed by atoms with Crippen molar-refractivity contribution in [2.24, 2.45) is 5.73 Å². The molecule has 28 heavy (non-hydrogen) atoms. The summed E-state index contributed by atoms with van der Waals surface area (Å²) in [5.74, 6) is -3.95. The number of rotatable bonds is 10. The Bertz CT molecular complexity index is 777. The molecule has 156 valence electrons. The summed E-state index contributed by atoms with van der Waals surface area (Å²) in [6, 6.07) is 1.93. The summed E-state index contributed by atoms with van der Waals surface area (Å²) in [5.41, 5.74) is 4.35. The molecule has 5 N–H and O–H groups in total. The average molecular weight is 422 g/mol. The van der Waals surface area contributed by atoms with E-state index in [1.54, 1.807) is 0 Å². The molecule has 0 saturated carbocycles. The number of carboxylic acids is 1. The molecule has 14 heteroatoms. The monoisotopic (exact) mass is 422 g/mol. The Hall–Kier alpha value is -2.82. The van der Waals surface area contributed by atoms with Crippen molar-refractivity contribution in [2.75, 3.05) is 26.4 Å². The standard InChI is InChI=1S/C13H19N2O9P.CO2/c1-23-10-6-8(13(18)25(21,22)4-2-3-14)5-9(15(19)20)12(10)24-7-11(16)17;2-1-3/h5-6,13,18H,2-4,7,14H2,1H3,(H,16,17)(H,21,22);. The third-order valence-corrected chi connectivity index (χ3v) is 5.20. The van der Waals surface area contributed by atoms with E-state index in [-0.39, 0.29) is 36.6 Å². The molecule has 1 aromatic carbocycles. The highest BCUT2D eigenvalue weighted by Gasteiger charge is 2.33. The first-order valence-electron chi connectivity index (χ1n) is 7.45. The maximum absolute atomic E-state index is 12.2. The second-order valence-corrected chi connectivity index (χ2v) is 7.54. The van der Waals surface area contributed by atoms with Crippen molar-refractivity contribution >= 4 is 25.2 Å². The van der Waals surface area contributed by atoms with Gasteiger partial charge in [-0.2, -0.15) is 9.59 Å². The van der Waals surface area contributed by atoms with Crippen LogP contribution in [-0.4, -0.2) is 58.6 Å². The molecule has 1 rings (SSSR count). The van der Waals surface area contributed by atoms with Crippen molar-refractivity contribution < 1.29 is 48.5 Å². The molecule has 0 aromatic heterocycles. The van der Waals surface area contributed by atoms with Gasteiger partial charge >= 0.3 is 17.8 Å². The molecule has 13 nitrogen and oxygen atoms in total. The molecular formula is C14H19N2O11P. The Morgan fingerprint density at radius 1 is 1.43 bits per heavy atom. The van der Waals surface area contributed by atoms with Gasteiger partial charge in [0.25, 0.3) is 0 Å². The zero-order valence-electron chi connectivity index (χ0n) is 14.6. The van der Waals surface area contributed by atoms with Crippen molar-refractivity contribution in [2.45, 2.75) is 12.3 Å².